The van der Waals surface area contributed by atoms with Gasteiger partial charge in [-0.25, -0.2) is 4.57 Å². The molecule has 2 nitrogen and oxygen atoms in total. The van der Waals surface area contributed by atoms with Crippen LogP contribution in [0.25, 0.3) is 0 Å². The number of rotatable bonds is 5. The molecule has 0 aromatic rings. The molecular formula is C6H13Br2O2P. The lowest BCUT2D eigenvalue weighted by Crippen LogP contribution is -2.25. The molecular weight excluding hydrogens is 295 g/mol. The lowest BCUT2D eigenvalue weighted by atomic mass is 9.99. The Morgan fingerprint density at radius 2 is 1.91 bits per heavy atom. The van der Waals surface area contributed by atoms with Crippen molar-refractivity contribution in [3.8, 4) is 0 Å². The predicted molar refractivity (Wildman–Crippen MR) is 56.0 cm³/mol. The van der Waals surface area contributed by atoms with Crippen LogP contribution in [0, 0.1) is 5.41 Å². The Labute approximate surface area is 86.6 Å². The monoisotopic (exact) mass is 306 g/mol. The van der Waals surface area contributed by atoms with Crippen LogP contribution in [0.4, 0.5) is 0 Å². The highest BCUT2D eigenvalue weighted by molar-refractivity contribution is 9.09. The topological polar surface area (TPSA) is 26.3 Å². The van der Waals surface area contributed by atoms with E-state index in [9.17, 15) is 4.57 Å². The second-order valence-electron chi connectivity index (χ2n) is 2.43. The molecule has 0 aromatic carbocycles. The van der Waals surface area contributed by atoms with E-state index in [0.717, 1.165) is 10.7 Å². The summed E-state index contributed by atoms with van der Waals surface area (Å²) in [6, 6.07) is 0. The molecule has 0 aliphatic rings. The summed E-state index contributed by atoms with van der Waals surface area (Å²) in [7, 11) is -0.243. The lowest BCUT2D eigenvalue weighted by molar-refractivity contribution is 0.225. The summed E-state index contributed by atoms with van der Waals surface area (Å²) in [5.74, 6) is 0. The molecule has 5 heteroatoms. The van der Waals surface area contributed by atoms with Crippen LogP contribution in [0.5, 0.6) is 0 Å². The van der Waals surface area contributed by atoms with Crippen LogP contribution < -0.4 is 0 Å². The van der Waals surface area contributed by atoms with Gasteiger partial charge in [-0.3, -0.25) is 4.52 Å². The first-order valence-corrected chi connectivity index (χ1v) is 5.72. The van der Waals surface area contributed by atoms with E-state index in [-0.39, 0.29) is 21.5 Å². The van der Waals surface area contributed by atoms with Crippen LogP contribution in [0.1, 0.15) is 14.4 Å². The van der Waals surface area contributed by atoms with E-state index >= 15 is 0 Å². The first-order chi connectivity index (χ1) is 4.68. The third kappa shape index (κ3) is 6.21. The number of hydrogen-bond donors (Lipinski definition) is 0. The molecule has 0 amide bonds. The Hall–Kier alpha value is 1.02. The van der Waals surface area contributed by atoms with E-state index in [1.165, 1.54) is 0 Å². The summed E-state index contributed by atoms with van der Waals surface area (Å²) in [5, 5.41) is 1.67. The summed E-state index contributed by atoms with van der Waals surface area (Å²) in [6.45, 7) is 2.54. The van der Waals surface area contributed by atoms with Gasteiger partial charge in [-0.1, -0.05) is 46.2 Å². The highest BCUT2D eigenvalue weighted by Gasteiger charge is 2.21. The van der Waals surface area contributed by atoms with Crippen LogP contribution in [0.2, 0.25) is 0 Å². The van der Waals surface area contributed by atoms with Crippen LogP contribution in [0.15, 0.2) is 0 Å². The van der Waals surface area contributed by atoms with Gasteiger partial charge >= 0.3 is 8.69 Å². The molecule has 0 N–H and O–H groups in total. The van der Waals surface area contributed by atoms with Crippen molar-refractivity contribution in [3.63, 3.8) is 0 Å². The van der Waals surface area contributed by atoms with Gasteiger partial charge in [-0.05, 0) is 0 Å². The second-order valence-corrected chi connectivity index (χ2v) is 3.95. The molecule has 0 saturated carbocycles. The Kier molecular flexibility index (Phi) is 10.1. The molecule has 0 radical (unpaired) electrons. The van der Waals surface area contributed by atoms with Crippen molar-refractivity contribution in [1.82, 2.24) is 0 Å². The minimum absolute atomic E-state index is 0. The van der Waals surface area contributed by atoms with Gasteiger partial charge in [0.15, 0.2) is 0 Å². The summed E-state index contributed by atoms with van der Waals surface area (Å²) in [6.07, 6.45) is 0. The van der Waals surface area contributed by atoms with Crippen molar-refractivity contribution >= 4 is 40.5 Å². The SMILES string of the molecule is C.CC(CBr)(CBr)COP=O. The molecule has 0 bridgehead atoms. The maximum absolute atomic E-state index is 9.93. The fourth-order valence-electron chi connectivity index (χ4n) is 0.295. The molecule has 0 rings (SSSR count). The summed E-state index contributed by atoms with van der Waals surface area (Å²) >= 11 is 6.69. The van der Waals surface area contributed by atoms with Gasteiger partial charge in [-0.2, -0.15) is 0 Å². The summed E-state index contributed by atoms with van der Waals surface area (Å²) in [4.78, 5) is 0. The fourth-order valence-corrected chi connectivity index (χ4v) is 1.91. The highest BCUT2D eigenvalue weighted by atomic mass is 79.9. The summed E-state index contributed by atoms with van der Waals surface area (Å²) in [5.41, 5.74) is 0.0391. The van der Waals surface area contributed by atoms with E-state index in [1.54, 1.807) is 0 Å². The van der Waals surface area contributed by atoms with Crippen LogP contribution in [-0.4, -0.2) is 17.3 Å². The first-order valence-electron chi connectivity index (χ1n) is 2.75. The molecule has 0 aromatic heterocycles. The van der Waals surface area contributed by atoms with Gasteiger partial charge in [0.2, 0.25) is 0 Å². The van der Waals surface area contributed by atoms with Crippen molar-refractivity contribution in [2.24, 2.45) is 5.41 Å². The van der Waals surface area contributed by atoms with Crippen molar-refractivity contribution in [3.05, 3.63) is 0 Å². The van der Waals surface area contributed by atoms with Gasteiger partial charge in [0.25, 0.3) is 0 Å². The van der Waals surface area contributed by atoms with Gasteiger partial charge < -0.3 is 0 Å². The largest absolute Gasteiger partial charge is 0.327 e. The number of hydrogen-bond acceptors (Lipinski definition) is 2. The van der Waals surface area contributed by atoms with Crippen molar-refractivity contribution < 1.29 is 9.09 Å². The third-order valence-electron chi connectivity index (χ3n) is 1.11. The van der Waals surface area contributed by atoms with Gasteiger partial charge in [0, 0.05) is 16.1 Å². The molecule has 68 valence electrons. The van der Waals surface area contributed by atoms with Crippen LogP contribution in [-0.2, 0) is 9.09 Å². The molecule has 0 aliphatic heterocycles. The maximum Gasteiger partial charge on any atom is 0.327 e. The molecule has 0 aliphatic carbocycles. The van der Waals surface area contributed by atoms with Gasteiger partial charge in [0.1, 0.15) is 0 Å². The third-order valence-corrected chi connectivity index (χ3v) is 4.05. The van der Waals surface area contributed by atoms with Crippen molar-refractivity contribution in [2.75, 3.05) is 17.3 Å². The Balaban J connectivity index is 0. The van der Waals surface area contributed by atoms with Crippen molar-refractivity contribution in [1.29, 1.82) is 0 Å². The zero-order chi connectivity index (χ0) is 8.04. The Bertz CT molecular complexity index is 107. The average Bonchev–Trinajstić information content (AvgIpc) is 2.00. The zero-order valence-electron chi connectivity index (χ0n) is 5.64. The molecule has 0 spiro atoms. The molecule has 0 heterocycles. The van der Waals surface area contributed by atoms with Gasteiger partial charge in [0.05, 0.1) is 6.61 Å². The van der Waals surface area contributed by atoms with E-state index < -0.39 is 0 Å². The normalized spacial score (nSPS) is 11.2. The lowest BCUT2D eigenvalue weighted by Gasteiger charge is -2.21. The molecule has 0 unspecified atom stereocenters. The predicted octanol–water partition coefficient (Wildman–Crippen LogP) is 3.64. The standard InChI is InChI=1S/C5H9Br2O2P.CH4/c1-5(2-6,3-7)4-9-10-8;/h2-4H2,1H3;1H4. The number of alkyl halides is 2. The molecule has 11 heavy (non-hydrogen) atoms. The van der Waals surface area contributed by atoms with E-state index in [4.69, 9.17) is 4.52 Å². The molecule has 0 saturated heterocycles. The van der Waals surface area contributed by atoms with Gasteiger partial charge in [-0.15, -0.1) is 0 Å². The van der Waals surface area contributed by atoms with E-state index in [0.29, 0.717) is 6.61 Å². The van der Waals surface area contributed by atoms with Crippen LogP contribution >= 0.6 is 40.5 Å². The van der Waals surface area contributed by atoms with E-state index in [2.05, 4.69) is 31.9 Å². The van der Waals surface area contributed by atoms with Crippen molar-refractivity contribution in [2.45, 2.75) is 14.4 Å². The van der Waals surface area contributed by atoms with Crippen LogP contribution in [0.3, 0.4) is 0 Å². The average molecular weight is 308 g/mol. The quantitative estimate of drug-likeness (QED) is 0.572. The molecule has 0 atom stereocenters. The Morgan fingerprint density at radius 1 is 1.45 bits per heavy atom. The van der Waals surface area contributed by atoms with E-state index in [1.807, 2.05) is 6.92 Å². The zero-order valence-corrected chi connectivity index (χ0v) is 9.71. The highest BCUT2D eigenvalue weighted by Crippen LogP contribution is 2.23. The smallest absolute Gasteiger partial charge is 0.294 e. The first kappa shape index (κ1) is 14.5. The minimum Gasteiger partial charge on any atom is -0.294 e. The second kappa shape index (κ2) is 7.66. The maximum atomic E-state index is 9.93. The number of halogens is 2. The summed E-state index contributed by atoms with van der Waals surface area (Å²) < 4.78 is 14.7. The molecule has 0 fully saturated rings. The minimum atomic E-state index is -0.243. The Morgan fingerprint density at radius 3 is 2.18 bits per heavy atom. The fraction of sp³-hybridized carbons (Fsp3) is 1.00.